The summed E-state index contributed by atoms with van der Waals surface area (Å²) in [5.41, 5.74) is 2.51. The molecule has 0 saturated heterocycles. The second-order valence-electron chi connectivity index (χ2n) is 6.59. The van der Waals surface area contributed by atoms with Gasteiger partial charge in [-0.3, -0.25) is 9.59 Å². The number of nitrogens with zero attached hydrogens (tertiary/aromatic N) is 1. The van der Waals surface area contributed by atoms with Crippen LogP contribution in [0, 0.1) is 13.8 Å². The Balaban J connectivity index is 2.06. The summed E-state index contributed by atoms with van der Waals surface area (Å²) in [5.74, 6) is -0.641. The molecule has 0 aromatic heterocycles. The Labute approximate surface area is 141 Å². The molecule has 4 heteroatoms. The maximum atomic E-state index is 13.0. The van der Waals surface area contributed by atoms with E-state index in [9.17, 15) is 14.7 Å². The van der Waals surface area contributed by atoms with Gasteiger partial charge in [0.1, 0.15) is 5.78 Å². The normalized spacial score (nSPS) is 19.5. The van der Waals surface area contributed by atoms with E-state index in [0.717, 1.165) is 16.7 Å². The predicted octanol–water partition coefficient (Wildman–Crippen LogP) is 3.02. The van der Waals surface area contributed by atoms with Crippen LogP contribution in [0.3, 0.4) is 0 Å². The van der Waals surface area contributed by atoms with Crippen LogP contribution in [-0.4, -0.2) is 16.8 Å². The van der Waals surface area contributed by atoms with Gasteiger partial charge >= 0.3 is 0 Å². The van der Waals surface area contributed by atoms with Gasteiger partial charge in [-0.05, 0) is 31.9 Å². The molecular weight excluding hydrogens is 302 g/mol. The lowest BCUT2D eigenvalue weighted by atomic mass is 9.89. The average molecular weight is 323 g/mol. The van der Waals surface area contributed by atoms with Crippen molar-refractivity contribution in [3.63, 3.8) is 0 Å². The van der Waals surface area contributed by atoms with Crippen LogP contribution in [0.4, 0.5) is 5.69 Å². The van der Waals surface area contributed by atoms with Gasteiger partial charge in [-0.2, -0.15) is 0 Å². The molecule has 0 spiro atoms. The number of para-hydroxylation sites is 1. The maximum absolute atomic E-state index is 13.0. The first-order chi connectivity index (χ1) is 11.3. The standard InChI is InChI=1S/C20H21NO3/c1-13-7-9-16(10-8-13)12-21-18-14(2)5-4-6-17(18)20(24,19(21)23)11-15(3)22/h4-10,24H,11-12H2,1-3H3. The molecule has 3 rings (SSSR count). The zero-order chi connectivity index (χ0) is 17.5. The first-order valence-corrected chi connectivity index (χ1v) is 8.02. The molecule has 0 radical (unpaired) electrons. The predicted molar refractivity (Wildman–Crippen MR) is 92.7 cm³/mol. The van der Waals surface area contributed by atoms with E-state index in [0.29, 0.717) is 17.8 Å². The van der Waals surface area contributed by atoms with E-state index in [4.69, 9.17) is 0 Å². The quantitative estimate of drug-likeness (QED) is 0.941. The van der Waals surface area contributed by atoms with E-state index in [1.807, 2.05) is 50.2 Å². The Morgan fingerprint density at radius 3 is 2.42 bits per heavy atom. The van der Waals surface area contributed by atoms with Crippen molar-refractivity contribution in [1.82, 2.24) is 0 Å². The zero-order valence-electron chi connectivity index (χ0n) is 14.2. The van der Waals surface area contributed by atoms with Crippen LogP contribution in [0.5, 0.6) is 0 Å². The highest BCUT2D eigenvalue weighted by molar-refractivity contribution is 6.09. The molecule has 1 amide bonds. The van der Waals surface area contributed by atoms with Crippen LogP contribution in [0.2, 0.25) is 0 Å². The summed E-state index contributed by atoms with van der Waals surface area (Å²) in [7, 11) is 0. The molecule has 24 heavy (non-hydrogen) atoms. The van der Waals surface area contributed by atoms with E-state index in [-0.39, 0.29) is 12.2 Å². The first-order valence-electron chi connectivity index (χ1n) is 8.02. The Kier molecular flexibility index (Phi) is 4.01. The Morgan fingerprint density at radius 2 is 1.79 bits per heavy atom. The highest BCUT2D eigenvalue weighted by Gasteiger charge is 2.50. The number of amides is 1. The molecule has 2 aromatic carbocycles. The number of Topliss-reactive ketones (excluding diaryl/α,β-unsaturated/α-hetero) is 1. The number of ketones is 1. The molecule has 4 nitrogen and oxygen atoms in total. The summed E-state index contributed by atoms with van der Waals surface area (Å²) >= 11 is 0. The molecule has 0 aliphatic carbocycles. The fourth-order valence-corrected chi connectivity index (χ4v) is 3.35. The number of fused-ring (bicyclic) bond motifs is 1. The smallest absolute Gasteiger partial charge is 0.264 e. The van der Waals surface area contributed by atoms with Gasteiger partial charge in [0.2, 0.25) is 0 Å². The number of hydrogen-bond donors (Lipinski definition) is 1. The number of carbonyl (C=O) groups excluding carboxylic acids is 2. The molecule has 1 atom stereocenters. The lowest BCUT2D eigenvalue weighted by Crippen LogP contribution is -2.41. The Bertz CT molecular complexity index is 810. The van der Waals surface area contributed by atoms with Crippen LogP contribution in [0.1, 0.15) is 35.6 Å². The van der Waals surface area contributed by atoms with Crippen molar-refractivity contribution in [2.24, 2.45) is 0 Å². The minimum atomic E-state index is -1.77. The van der Waals surface area contributed by atoms with Crippen LogP contribution in [0.15, 0.2) is 42.5 Å². The van der Waals surface area contributed by atoms with Gasteiger partial charge in [0.25, 0.3) is 5.91 Å². The van der Waals surface area contributed by atoms with Crippen molar-refractivity contribution in [1.29, 1.82) is 0 Å². The number of carbonyl (C=O) groups is 2. The number of aliphatic hydroxyl groups is 1. The minimum absolute atomic E-state index is 0.202. The second-order valence-corrected chi connectivity index (χ2v) is 6.59. The topological polar surface area (TPSA) is 57.6 Å². The molecule has 1 N–H and O–H groups in total. The maximum Gasteiger partial charge on any atom is 0.264 e. The average Bonchev–Trinajstić information content (AvgIpc) is 2.72. The number of rotatable bonds is 4. The Hall–Kier alpha value is -2.46. The van der Waals surface area contributed by atoms with Crippen LogP contribution in [-0.2, 0) is 21.7 Å². The molecule has 1 aliphatic rings. The fraction of sp³-hybridized carbons (Fsp3) is 0.300. The van der Waals surface area contributed by atoms with Gasteiger partial charge in [0.15, 0.2) is 5.60 Å². The summed E-state index contributed by atoms with van der Waals surface area (Å²) in [6.45, 7) is 5.68. The molecule has 1 unspecified atom stereocenters. The summed E-state index contributed by atoms with van der Waals surface area (Å²) in [5, 5.41) is 11.0. The summed E-state index contributed by atoms with van der Waals surface area (Å²) in [6.07, 6.45) is -0.202. The van der Waals surface area contributed by atoms with Crippen molar-refractivity contribution in [3.8, 4) is 0 Å². The molecule has 0 fully saturated rings. The minimum Gasteiger partial charge on any atom is -0.375 e. The molecule has 0 bridgehead atoms. The number of anilines is 1. The fourth-order valence-electron chi connectivity index (χ4n) is 3.35. The van der Waals surface area contributed by atoms with E-state index in [1.165, 1.54) is 6.92 Å². The van der Waals surface area contributed by atoms with Crippen molar-refractivity contribution < 1.29 is 14.7 Å². The monoisotopic (exact) mass is 323 g/mol. The molecule has 0 saturated carbocycles. The van der Waals surface area contributed by atoms with Crippen LogP contribution in [0.25, 0.3) is 0 Å². The molecule has 1 aliphatic heterocycles. The first kappa shape index (κ1) is 16.4. The van der Waals surface area contributed by atoms with Gasteiger partial charge in [-0.25, -0.2) is 0 Å². The third-order valence-corrected chi connectivity index (χ3v) is 4.52. The molecular formula is C20H21NO3. The van der Waals surface area contributed by atoms with Gasteiger partial charge in [0, 0.05) is 12.0 Å². The molecule has 1 heterocycles. The van der Waals surface area contributed by atoms with E-state index in [2.05, 4.69) is 0 Å². The zero-order valence-corrected chi connectivity index (χ0v) is 14.2. The van der Waals surface area contributed by atoms with Gasteiger partial charge in [-0.1, -0.05) is 48.0 Å². The summed E-state index contributed by atoms with van der Waals surface area (Å²) in [4.78, 5) is 26.2. The van der Waals surface area contributed by atoms with E-state index >= 15 is 0 Å². The Morgan fingerprint density at radius 1 is 1.12 bits per heavy atom. The third-order valence-electron chi connectivity index (χ3n) is 4.52. The van der Waals surface area contributed by atoms with Crippen molar-refractivity contribution >= 4 is 17.4 Å². The van der Waals surface area contributed by atoms with Gasteiger partial charge in [0.05, 0.1) is 12.2 Å². The number of hydrogen-bond acceptors (Lipinski definition) is 3. The van der Waals surface area contributed by atoms with Gasteiger partial charge < -0.3 is 10.0 Å². The van der Waals surface area contributed by atoms with Crippen molar-refractivity contribution in [3.05, 3.63) is 64.7 Å². The lowest BCUT2D eigenvalue weighted by Gasteiger charge is -2.22. The van der Waals surface area contributed by atoms with Gasteiger partial charge in [-0.15, -0.1) is 0 Å². The molecule has 2 aromatic rings. The van der Waals surface area contributed by atoms with Crippen LogP contribution < -0.4 is 4.90 Å². The lowest BCUT2D eigenvalue weighted by molar-refractivity contribution is -0.141. The SMILES string of the molecule is CC(=O)CC1(O)C(=O)N(Cc2ccc(C)cc2)c2c(C)cccc21. The second kappa shape index (κ2) is 5.87. The highest BCUT2D eigenvalue weighted by atomic mass is 16.3. The summed E-state index contributed by atoms with van der Waals surface area (Å²) in [6, 6.07) is 13.4. The number of benzene rings is 2. The van der Waals surface area contributed by atoms with Crippen molar-refractivity contribution in [2.75, 3.05) is 4.90 Å². The summed E-state index contributed by atoms with van der Waals surface area (Å²) < 4.78 is 0. The van der Waals surface area contributed by atoms with Crippen molar-refractivity contribution in [2.45, 2.75) is 39.3 Å². The number of aryl methyl sites for hydroxylation is 2. The largest absolute Gasteiger partial charge is 0.375 e. The molecule has 124 valence electrons. The van der Waals surface area contributed by atoms with E-state index in [1.54, 1.807) is 11.0 Å². The van der Waals surface area contributed by atoms with Crippen LogP contribution >= 0.6 is 0 Å². The highest BCUT2D eigenvalue weighted by Crippen LogP contribution is 2.44. The van der Waals surface area contributed by atoms with E-state index < -0.39 is 11.5 Å². The third kappa shape index (κ3) is 2.63.